The van der Waals surface area contributed by atoms with Crippen LogP contribution in [0.3, 0.4) is 0 Å². The smallest absolute Gasteiger partial charge is 0.231 e. The van der Waals surface area contributed by atoms with Gasteiger partial charge in [-0.15, -0.1) is 0 Å². The summed E-state index contributed by atoms with van der Waals surface area (Å²) in [5, 5.41) is 13.0. The van der Waals surface area contributed by atoms with Gasteiger partial charge in [-0.25, -0.2) is 0 Å². The lowest BCUT2D eigenvalue weighted by atomic mass is 9.90. The number of nitriles is 1. The zero-order valence-electron chi connectivity index (χ0n) is 11.1. The van der Waals surface area contributed by atoms with Gasteiger partial charge in [0, 0.05) is 18.0 Å². The average Bonchev–Trinajstić information content (AvgIpc) is 3.02. The molecule has 2 bridgehead atoms. The Morgan fingerprint density at radius 2 is 2.00 bits per heavy atom. The Kier molecular flexibility index (Phi) is 2.43. The van der Waals surface area contributed by atoms with Crippen molar-refractivity contribution in [2.75, 3.05) is 7.05 Å². The van der Waals surface area contributed by atoms with Gasteiger partial charge in [-0.1, -0.05) is 5.16 Å². The first-order valence-electron chi connectivity index (χ1n) is 7.21. The Morgan fingerprint density at radius 1 is 1.26 bits per heavy atom. The van der Waals surface area contributed by atoms with E-state index in [1.807, 2.05) is 0 Å². The van der Waals surface area contributed by atoms with Crippen LogP contribution in [0.4, 0.5) is 0 Å². The molecule has 1 aliphatic carbocycles. The molecular formula is C14H18N4O. The highest BCUT2D eigenvalue weighted by Crippen LogP contribution is 2.47. The molecule has 5 heteroatoms. The zero-order chi connectivity index (χ0) is 13.0. The van der Waals surface area contributed by atoms with Crippen LogP contribution in [0.5, 0.6) is 0 Å². The van der Waals surface area contributed by atoms with Crippen molar-refractivity contribution in [3.05, 3.63) is 11.7 Å². The number of nitrogens with zero attached hydrogens (tertiary/aromatic N) is 4. The highest BCUT2D eigenvalue weighted by Gasteiger charge is 2.44. The van der Waals surface area contributed by atoms with Crippen LogP contribution in [0.2, 0.25) is 0 Å². The van der Waals surface area contributed by atoms with E-state index in [1.54, 1.807) is 0 Å². The Morgan fingerprint density at radius 3 is 2.63 bits per heavy atom. The van der Waals surface area contributed by atoms with E-state index in [1.165, 1.54) is 12.8 Å². The highest BCUT2D eigenvalue weighted by molar-refractivity contribution is 5.16. The van der Waals surface area contributed by atoms with Crippen LogP contribution in [0.1, 0.15) is 55.7 Å². The third-order valence-electron chi connectivity index (χ3n) is 5.19. The predicted octanol–water partition coefficient (Wildman–Crippen LogP) is 2.04. The maximum atomic E-state index is 8.85. The quantitative estimate of drug-likeness (QED) is 0.812. The van der Waals surface area contributed by atoms with E-state index in [9.17, 15) is 0 Å². The molecule has 19 heavy (non-hydrogen) atoms. The number of piperidine rings is 1. The number of aromatic nitrogens is 2. The topological polar surface area (TPSA) is 66.0 Å². The van der Waals surface area contributed by atoms with E-state index in [4.69, 9.17) is 9.78 Å². The fourth-order valence-corrected chi connectivity index (χ4v) is 3.80. The van der Waals surface area contributed by atoms with Gasteiger partial charge in [0.2, 0.25) is 5.89 Å². The second-order valence-electron chi connectivity index (χ2n) is 6.29. The van der Waals surface area contributed by atoms with E-state index in [0.29, 0.717) is 23.9 Å². The molecular weight excluding hydrogens is 240 g/mol. The molecule has 0 amide bonds. The van der Waals surface area contributed by atoms with Crippen molar-refractivity contribution < 1.29 is 4.52 Å². The number of hydrogen-bond donors (Lipinski definition) is 0. The van der Waals surface area contributed by atoms with E-state index >= 15 is 0 Å². The molecule has 0 N–H and O–H groups in total. The molecule has 3 aliphatic rings. The standard InChI is InChI=1S/C14H18N4O/c1-18-10-2-3-11(18)5-8(4-10)13-16-14(19-17-13)12-6-9(12)7-15/h8-12H,2-6H2,1H3. The third kappa shape index (κ3) is 1.78. The van der Waals surface area contributed by atoms with Gasteiger partial charge in [-0.2, -0.15) is 10.2 Å². The molecule has 0 aromatic carbocycles. The summed E-state index contributed by atoms with van der Waals surface area (Å²) < 4.78 is 5.37. The summed E-state index contributed by atoms with van der Waals surface area (Å²) in [6.07, 6.45) is 5.80. The first kappa shape index (κ1) is 11.4. The lowest BCUT2D eigenvalue weighted by Crippen LogP contribution is -2.39. The lowest BCUT2D eigenvalue weighted by Gasteiger charge is -2.34. The molecule has 3 fully saturated rings. The van der Waals surface area contributed by atoms with Crippen molar-refractivity contribution in [3.63, 3.8) is 0 Å². The summed E-state index contributed by atoms with van der Waals surface area (Å²) in [6.45, 7) is 0. The Bertz CT molecular complexity index is 520. The second-order valence-corrected chi connectivity index (χ2v) is 6.29. The molecule has 3 heterocycles. The van der Waals surface area contributed by atoms with Crippen molar-refractivity contribution in [1.29, 1.82) is 5.26 Å². The Labute approximate surface area is 112 Å². The van der Waals surface area contributed by atoms with Crippen LogP contribution in [0, 0.1) is 17.2 Å². The van der Waals surface area contributed by atoms with Gasteiger partial charge < -0.3 is 9.42 Å². The van der Waals surface area contributed by atoms with Crippen LogP contribution < -0.4 is 0 Å². The molecule has 2 saturated heterocycles. The van der Waals surface area contributed by atoms with Gasteiger partial charge in [-0.05, 0) is 39.2 Å². The van der Waals surface area contributed by atoms with Crippen molar-refractivity contribution >= 4 is 0 Å². The number of hydrogen-bond acceptors (Lipinski definition) is 5. The molecule has 0 spiro atoms. The van der Waals surface area contributed by atoms with E-state index < -0.39 is 0 Å². The van der Waals surface area contributed by atoms with Crippen molar-refractivity contribution in [1.82, 2.24) is 15.0 Å². The van der Waals surface area contributed by atoms with Crippen LogP contribution in [-0.4, -0.2) is 34.2 Å². The van der Waals surface area contributed by atoms with Crippen molar-refractivity contribution in [3.8, 4) is 6.07 Å². The molecule has 2 aliphatic heterocycles. The molecule has 1 aromatic heterocycles. The summed E-state index contributed by atoms with van der Waals surface area (Å²) in [5.41, 5.74) is 0. The molecule has 100 valence electrons. The first-order chi connectivity index (χ1) is 9.26. The molecule has 1 saturated carbocycles. The van der Waals surface area contributed by atoms with Crippen LogP contribution in [0.15, 0.2) is 4.52 Å². The maximum Gasteiger partial charge on any atom is 0.231 e. The summed E-state index contributed by atoms with van der Waals surface area (Å²) in [4.78, 5) is 7.09. The van der Waals surface area contributed by atoms with Crippen LogP contribution in [-0.2, 0) is 0 Å². The van der Waals surface area contributed by atoms with Crippen molar-refractivity contribution in [2.45, 2.75) is 56.0 Å². The zero-order valence-corrected chi connectivity index (χ0v) is 11.1. The molecule has 1 aromatic rings. The lowest BCUT2D eigenvalue weighted by molar-refractivity contribution is 0.157. The molecule has 4 atom stereocenters. The second kappa shape index (κ2) is 4.04. The predicted molar refractivity (Wildman–Crippen MR) is 67.3 cm³/mol. The summed E-state index contributed by atoms with van der Waals surface area (Å²) in [6, 6.07) is 3.66. The monoisotopic (exact) mass is 258 g/mol. The minimum absolute atomic E-state index is 0.0990. The minimum atomic E-state index is 0.0990. The van der Waals surface area contributed by atoms with Crippen molar-refractivity contribution in [2.24, 2.45) is 5.92 Å². The Hall–Kier alpha value is -1.41. The summed E-state index contributed by atoms with van der Waals surface area (Å²) in [5.74, 6) is 2.32. The largest absolute Gasteiger partial charge is 0.339 e. The maximum absolute atomic E-state index is 8.85. The van der Waals surface area contributed by atoms with Gasteiger partial charge in [0.25, 0.3) is 0 Å². The Balaban J connectivity index is 1.50. The SMILES string of the molecule is CN1C2CCC1CC(c1noc(C3CC3C#N)n1)C2. The van der Waals surface area contributed by atoms with Gasteiger partial charge in [-0.3, -0.25) is 0 Å². The van der Waals surface area contributed by atoms with Gasteiger partial charge in [0.1, 0.15) is 0 Å². The summed E-state index contributed by atoms with van der Waals surface area (Å²) in [7, 11) is 2.24. The molecule has 0 radical (unpaired) electrons. The van der Waals surface area contributed by atoms with Gasteiger partial charge >= 0.3 is 0 Å². The molecule has 4 rings (SSSR count). The minimum Gasteiger partial charge on any atom is -0.339 e. The normalized spacial score (nSPS) is 41.2. The number of fused-ring (bicyclic) bond motifs is 2. The van der Waals surface area contributed by atoms with E-state index in [2.05, 4.69) is 28.2 Å². The van der Waals surface area contributed by atoms with Gasteiger partial charge in [0.15, 0.2) is 5.82 Å². The van der Waals surface area contributed by atoms with Crippen LogP contribution >= 0.6 is 0 Å². The fourth-order valence-electron chi connectivity index (χ4n) is 3.80. The highest BCUT2D eigenvalue weighted by atomic mass is 16.5. The fraction of sp³-hybridized carbons (Fsp3) is 0.786. The average molecular weight is 258 g/mol. The third-order valence-corrected chi connectivity index (χ3v) is 5.19. The van der Waals surface area contributed by atoms with E-state index in [0.717, 1.165) is 25.1 Å². The van der Waals surface area contributed by atoms with Crippen LogP contribution in [0.25, 0.3) is 0 Å². The first-order valence-corrected chi connectivity index (χ1v) is 7.21. The van der Waals surface area contributed by atoms with Gasteiger partial charge in [0.05, 0.1) is 17.9 Å². The number of rotatable bonds is 2. The summed E-state index contributed by atoms with van der Waals surface area (Å²) >= 11 is 0. The molecule has 4 unspecified atom stereocenters. The molecule has 5 nitrogen and oxygen atoms in total. The van der Waals surface area contributed by atoms with E-state index in [-0.39, 0.29) is 11.8 Å².